The highest BCUT2D eigenvalue weighted by Gasteiger charge is 2.44. The Balaban J connectivity index is 2.29. The van der Waals surface area contributed by atoms with Gasteiger partial charge in [0.05, 0.1) is 11.0 Å². The number of nitro benzene ring substituents is 1. The van der Waals surface area contributed by atoms with Gasteiger partial charge in [-0.15, -0.1) is 0 Å². The van der Waals surface area contributed by atoms with Crippen LogP contribution in [0.15, 0.2) is 47.6 Å². The van der Waals surface area contributed by atoms with Gasteiger partial charge in [-0.3, -0.25) is 10.1 Å². The summed E-state index contributed by atoms with van der Waals surface area (Å²) >= 11 is 0. The molecule has 8 nitrogen and oxygen atoms in total. The maximum atomic E-state index is 11.1. The predicted molar refractivity (Wildman–Crippen MR) is 87.6 cm³/mol. The average Bonchev–Trinajstić information content (AvgIpc) is 2.56. The van der Waals surface area contributed by atoms with Gasteiger partial charge in [0.15, 0.2) is 0 Å². The summed E-state index contributed by atoms with van der Waals surface area (Å²) in [6.45, 7) is 3.47. The van der Waals surface area contributed by atoms with Crippen LogP contribution in [-0.4, -0.2) is 26.3 Å². The Hall–Kier alpha value is -3.18. The maximum absolute atomic E-state index is 11.1. The molecule has 0 saturated carbocycles. The van der Waals surface area contributed by atoms with Crippen molar-refractivity contribution in [3.63, 3.8) is 0 Å². The number of nitro groups is 1. The zero-order valence-electron chi connectivity index (χ0n) is 13.7. The molecule has 1 aliphatic heterocycles. The number of fused-ring (bicyclic) bond motifs is 1. The van der Waals surface area contributed by atoms with Crippen molar-refractivity contribution in [3.05, 3.63) is 63.8 Å². The lowest BCUT2D eigenvalue weighted by Crippen LogP contribution is -2.52. The first kappa shape index (κ1) is 16.7. The summed E-state index contributed by atoms with van der Waals surface area (Å²) in [5, 5.41) is 30.9. The van der Waals surface area contributed by atoms with Crippen molar-refractivity contribution >= 4 is 5.69 Å². The average molecular weight is 340 g/mol. The third-order valence-corrected chi connectivity index (χ3v) is 4.24. The molecule has 3 rings (SSSR count). The van der Waals surface area contributed by atoms with Gasteiger partial charge in [-0.25, -0.2) is 0 Å². The second-order valence-corrected chi connectivity index (χ2v) is 6.25. The molecule has 1 aromatic carbocycles. The van der Waals surface area contributed by atoms with Crippen molar-refractivity contribution < 1.29 is 14.8 Å². The van der Waals surface area contributed by atoms with Gasteiger partial charge in [-0.2, -0.15) is 10.3 Å². The molecule has 0 unspecified atom stereocenters. The van der Waals surface area contributed by atoms with Crippen molar-refractivity contribution in [3.8, 4) is 11.9 Å². The number of hydrogen-bond acceptors (Lipinski definition) is 6. The zero-order valence-corrected chi connectivity index (χ0v) is 13.7. The van der Waals surface area contributed by atoms with E-state index in [1.807, 2.05) is 0 Å². The molecule has 0 amide bonds. The van der Waals surface area contributed by atoms with Gasteiger partial charge in [-0.05, 0) is 32.0 Å². The molecule has 0 spiro atoms. The van der Waals surface area contributed by atoms with Crippen LogP contribution < -0.4 is 10.2 Å². The lowest BCUT2D eigenvalue weighted by molar-refractivity contribution is -0.385. The van der Waals surface area contributed by atoms with Gasteiger partial charge in [0.25, 0.3) is 5.69 Å². The fourth-order valence-corrected chi connectivity index (χ4v) is 3.00. The lowest BCUT2D eigenvalue weighted by Gasteiger charge is -2.42. The first-order chi connectivity index (χ1) is 11.8. The summed E-state index contributed by atoms with van der Waals surface area (Å²) in [7, 11) is 0. The summed E-state index contributed by atoms with van der Waals surface area (Å²) in [6, 6.07) is 8.68. The highest BCUT2D eigenvalue weighted by Crippen LogP contribution is 2.42. The molecule has 0 radical (unpaired) electrons. The number of benzene rings is 1. The normalized spacial score (nSPS) is 21.8. The molecule has 0 aliphatic carbocycles. The van der Waals surface area contributed by atoms with Gasteiger partial charge in [-0.1, -0.05) is 6.07 Å². The van der Waals surface area contributed by atoms with Crippen LogP contribution in [0.5, 0.6) is 5.75 Å². The molecule has 128 valence electrons. The topological polar surface area (TPSA) is 114 Å². The summed E-state index contributed by atoms with van der Waals surface area (Å²) in [5.74, 6) is 0.449. The molecule has 0 fully saturated rings. The number of nitrogens with zero attached hydrogens (tertiary/aromatic N) is 4. The van der Waals surface area contributed by atoms with E-state index in [2.05, 4.69) is 4.99 Å². The molecular formula is C17H16N4O4. The van der Waals surface area contributed by atoms with Crippen molar-refractivity contribution in [2.45, 2.75) is 31.6 Å². The van der Waals surface area contributed by atoms with Crippen LogP contribution in [-0.2, 0) is 0 Å². The third-order valence-electron chi connectivity index (χ3n) is 4.24. The molecule has 2 atom stereocenters. The zero-order chi connectivity index (χ0) is 18.2. The fourth-order valence-electron chi connectivity index (χ4n) is 3.00. The summed E-state index contributed by atoms with van der Waals surface area (Å²) in [6.07, 6.45) is 2.40. The number of hydrogen-bond donors (Lipinski definition) is 1. The van der Waals surface area contributed by atoms with Crippen LogP contribution in [0.2, 0.25) is 0 Å². The van der Waals surface area contributed by atoms with Gasteiger partial charge in [0.2, 0.25) is 6.19 Å². The van der Waals surface area contributed by atoms with E-state index in [1.165, 1.54) is 18.2 Å². The smallest absolute Gasteiger partial charge is 0.270 e. The highest BCUT2D eigenvalue weighted by molar-refractivity contribution is 5.48. The minimum Gasteiger partial charge on any atom is -0.485 e. The number of aliphatic hydroxyl groups excluding tert-OH is 1. The van der Waals surface area contributed by atoms with E-state index in [0.717, 1.165) is 0 Å². The Bertz CT molecular complexity index is 942. The molecular weight excluding hydrogens is 324 g/mol. The van der Waals surface area contributed by atoms with Crippen molar-refractivity contribution in [2.75, 3.05) is 0 Å². The Morgan fingerprint density at radius 1 is 1.40 bits per heavy atom. The third kappa shape index (κ3) is 2.86. The second-order valence-electron chi connectivity index (χ2n) is 6.25. The SMILES string of the molecule is CC1(C)Oc2ccc([N+](=O)[O-])cc2[C@@H](n2ccccc2=NC#N)[C@@H]1O. The minimum atomic E-state index is -1.01. The Labute approximate surface area is 143 Å². The second kappa shape index (κ2) is 6.03. The quantitative estimate of drug-likeness (QED) is 0.509. The van der Waals surface area contributed by atoms with Crippen LogP contribution in [0, 0.1) is 21.6 Å². The molecule has 1 N–H and O–H groups in total. The van der Waals surface area contributed by atoms with Gasteiger partial charge >= 0.3 is 0 Å². The van der Waals surface area contributed by atoms with Crippen LogP contribution >= 0.6 is 0 Å². The van der Waals surface area contributed by atoms with Crippen molar-refractivity contribution in [1.82, 2.24) is 4.57 Å². The van der Waals surface area contributed by atoms with E-state index in [-0.39, 0.29) is 5.69 Å². The number of aliphatic hydroxyl groups is 1. The van der Waals surface area contributed by atoms with Gasteiger partial charge in [0.1, 0.15) is 22.9 Å². The van der Waals surface area contributed by atoms with Crippen molar-refractivity contribution in [1.29, 1.82) is 5.26 Å². The van der Waals surface area contributed by atoms with E-state index < -0.39 is 22.7 Å². The Morgan fingerprint density at radius 2 is 2.16 bits per heavy atom. The van der Waals surface area contributed by atoms with Crippen LogP contribution in [0.3, 0.4) is 0 Å². The number of rotatable bonds is 2. The van der Waals surface area contributed by atoms with Gasteiger partial charge in [0, 0.05) is 23.9 Å². The molecule has 1 aromatic heterocycles. The van der Waals surface area contributed by atoms with Gasteiger partial charge < -0.3 is 14.4 Å². The number of pyridine rings is 1. The van der Waals surface area contributed by atoms with E-state index >= 15 is 0 Å². The highest BCUT2D eigenvalue weighted by atomic mass is 16.6. The lowest BCUT2D eigenvalue weighted by atomic mass is 9.86. The largest absolute Gasteiger partial charge is 0.485 e. The predicted octanol–water partition coefficient (Wildman–Crippen LogP) is 1.90. The monoisotopic (exact) mass is 340 g/mol. The first-order valence-corrected chi connectivity index (χ1v) is 7.60. The molecule has 25 heavy (non-hydrogen) atoms. The molecule has 0 bridgehead atoms. The summed E-state index contributed by atoms with van der Waals surface area (Å²) in [5.41, 5.74) is -0.231. The van der Waals surface area contributed by atoms with Crippen LogP contribution in [0.25, 0.3) is 0 Å². The van der Waals surface area contributed by atoms with Crippen LogP contribution in [0.4, 0.5) is 5.69 Å². The van der Waals surface area contributed by atoms with Crippen LogP contribution in [0.1, 0.15) is 25.5 Å². The number of aromatic nitrogens is 1. The Morgan fingerprint density at radius 3 is 2.84 bits per heavy atom. The summed E-state index contributed by atoms with van der Waals surface area (Å²) < 4.78 is 7.46. The minimum absolute atomic E-state index is 0.102. The number of ether oxygens (including phenoxy) is 1. The first-order valence-electron chi connectivity index (χ1n) is 7.60. The standard InChI is InChI=1S/C17H16N4O4/c1-17(2)16(22)15(20-8-4-3-5-14(20)19-10-18)12-9-11(21(23)24)6-7-13(12)25-17/h3-9,15-16,22H,1-2H3/t15-,16+/m1/s1. The molecule has 0 saturated heterocycles. The molecule has 1 aliphatic rings. The van der Waals surface area contributed by atoms with E-state index in [0.29, 0.717) is 16.8 Å². The number of nitriles is 1. The fraction of sp³-hybridized carbons (Fsp3) is 0.294. The number of non-ortho nitro benzene ring substituents is 1. The van der Waals surface area contributed by atoms with E-state index in [4.69, 9.17) is 10.00 Å². The van der Waals surface area contributed by atoms with E-state index in [9.17, 15) is 15.2 Å². The molecule has 2 heterocycles. The molecule has 8 heteroatoms. The molecule has 2 aromatic rings. The van der Waals surface area contributed by atoms with Crippen molar-refractivity contribution in [2.24, 2.45) is 4.99 Å². The van der Waals surface area contributed by atoms with E-state index in [1.54, 1.807) is 49.0 Å². The maximum Gasteiger partial charge on any atom is 0.270 e. The summed E-state index contributed by atoms with van der Waals surface area (Å²) in [4.78, 5) is 14.4. The Kier molecular flexibility index (Phi) is 4.02.